The van der Waals surface area contributed by atoms with Gasteiger partial charge in [0.25, 0.3) is 0 Å². The van der Waals surface area contributed by atoms with E-state index in [0.717, 1.165) is 33.4 Å². The van der Waals surface area contributed by atoms with E-state index in [4.69, 9.17) is 14.6 Å². The van der Waals surface area contributed by atoms with Gasteiger partial charge in [-0.05, 0) is 93.9 Å². The fraction of sp³-hybridized carbons (Fsp3) is 0.444. The topological polar surface area (TPSA) is 246 Å². The van der Waals surface area contributed by atoms with Gasteiger partial charge < -0.3 is 45.7 Å². The Morgan fingerprint density at radius 1 is 0.592 bits per heavy atom. The number of carboxylic acid groups (broad SMARTS) is 2. The second-order valence-corrected chi connectivity index (χ2v) is 18.5. The standard InChI is InChI=1S/C54H72N4O12.Na/c1-35(19-13-21-37(3)25-27-41-39(5)49(65)43(31-53(41,7)8)69-47(63)33-57-51(67)55-29-15-23-45(59)60)17-11-12-18-36(2)20-14-22-38(4)26-28-42-40(6)50(66)44(32-54(42,9)10)70-48(64)34-58-52(68)56-30-16-24-46(61)62;/h11-14,17-22,25-28,43-44H,15-16,23-24,29-34H2,1-10H3,(H,59,60)(H,61,62)(H2,55,57,67)(H2,56,58,68);/q;+1/p-1. The molecule has 380 valence electrons. The number of nitrogens with one attached hydrogen (secondary N) is 4. The van der Waals surface area contributed by atoms with E-state index in [1.807, 2.05) is 140 Å². The third-order valence-corrected chi connectivity index (χ3v) is 11.3. The van der Waals surface area contributed by atoms with E-state index in [-0.39, 0.29) is 92.7 Å². The third kappa shape index (κ3) is 24.0. The van der Waals surface area contributed by atoms with Gasteiger partial charge in [0.1, 0.15) is 13.1 Å². The Kier molecular flexibility index (Phi) is 27.7. The predicted octanol–water partition coefficient (Wildman–Crippen LogP) is 4.00. The first-order chi connectivity index (χ1) is 32.8. The minimum absolute atomic E-state index is 0. The molecule has 2 aliphatic carbocycles. The van der Waals surface area contributed by atoms with Crippen LogP contribution >= 0.6 is 0 Å². The summed E-state index contributed by atoms with van der Waals surface area (Å²) in [5.74, 6) is -4.29. The normalized spacial score (nSPS) is 18.9. The molecule has 5 N–H and O–H groups in total. The van der Waals surface area contributed by atoms with E-state index >= 15 is 0 Å². The van der Waals surface area contributed by atoms with E-state index in [0.29, 0.717) is 11.1 Å². The molecule has 2 atom stereocenters. The maximum Gasteiger partial charge on any atom is 1.00 e. The molecule has 0 aromatic rings. The molecule has 0 bridgehead atoms. The molecule has 0 heterocycles. The van der Waals surface area contributed by atoms with Crippen LogP contribution in [0.3, 0.4) is 0 Å². The number of ketones is 2. The number of carbonyl (C=O) groups excluding carboxylic acids is 7. The number of carboxylic acids is 2. The van der Waals surface area contributed by atoms with Crippen molar-refractivity contribution >= 4 is 47.5 Å². The number of hydrogen-bond donors (Lipinski definition) is 5. The molecule has 0 radical (unpaired) electrons. The van der Waals surface area contributed by atoms with E-state index in [1.165, 1.54) is 0 Å². The van der Waals surface area contributed by atoms with E-state index in [2.05, 4.69) is 21.3 Å². The van der Waals surface area contributed by atoms with Crippen LogP contribution in [-0.4, -0.2) is 91.0 Å². The van der Waals surface area contributed by atoms with Crippen molar-refractivity contribution in [1.29, 1.82) is 0 Å². The van der Waals surface area contributed by atoms with Gasteiger partial charge in [-0.1, -0.05) is 135 Å². The largest absolute Gasteiger partial charge is 1.00 e. The van der Waals surface area contributed by atoms with Gasteiger partial charge in [-0.25, -0.2) is 9.59 Å². The maximum absolute atomic E-state index is 13.2. The second kappa shape index (κ2) is 31.3. The molecule has 0 aromatic carbocycles. The van der Waals surface area contributed by atoms with Crippen LogP contribution in [0.1, 0.15) is 108 Å². The van der Waals surface area contributed by atoms with Crippen LogP contribution in [0.5, 0.6) is 0 Å². The van der Waals surface area contributed by atoms with Crippen molar-refractivity contribution in [3.63, 3.8) is 0 Å². The molecule has 2 rings (SSSR count). The first kappa shape index (κ1) is 62.9. The van der Waals surface area contributed by atoms with Gasteiger partial charge in [0.05, 0.1) is 0 Å². The minimum atomic E-state index is -1.22. The molecule has 17 heteroatoms. The fourth-order valence-electron chi connectivity index (χ4n) is 7.46. The van der Waals surface area contributed by atoms with Crippen LogP contribution in [0.2, 0.25) is 0 Å². The summed E-state index contributed by atoms with van der Waals surface area (Å²) >= 11 is 0. The van der Waals surface area contributed by atoms with Gasteiger partial charge in [-0.2, -0.15) is 0 Å². The van der Waals surface area contributed by atoms with Gasteiger partial charge in [0, 0.05) is 38.3 Å². The second-order valence-electron chi connectivity index (χ2n) is 18.5. The predicted molar refractivity (Wildman–Crippen MR) is 267 cm³/mol. The zero-order chi connectivity index (χ0) is 52.6. The van der Waals surface area contributed by atoms with Gasteiger partial charge >= 0.3 is 59.5 Å². The monoisotopic (exact) mass is 990 g/mol. The number of hydrogen-bond acceptors (Lipinski definition) is 11. The number of Topliss-reactive ketones (excluding diaryl/α,β-unsaturated/α-hetero) is 2. The van der Waals surface area contributed by atoms with Gasteiger partial charge in [0.2, 0.25) is 0 Å². The summed E-state index contributed by atoms with van der Waals surface area (Å²) in [5.41, 5.74) is 5.72. The zero-order valence-corrected chi connectivity index (χ0v) is 45.2. The maximum atomic E-state index is 13.2. The molecule has 16 nitrogen and oxygen atoms in total. The van der Waals surface area contributed by atoms with Crippen LogP contribution in [-0.2, 0) is 38.2 Å². The fourth-order valence-corrected chi connectivity index (χ4v) is 7.46. The van der Waals surface area contributed by atoms with E-state index in [9.17, 15) is 43.5 Å². The van der Waals surface area contributed by atoms with Crippen molar-refractivity contribution in [2.24, 2.45) is 10.8 Å². The number of urea groups is 2. The van der Waals surface area contributed by atoms with E-state index < -0.39 is 72.1 Å². The summed E-state index contributed by atoms with van der Waals surface area (Å²) in [6, 6.07) is -1.29. The van der Waals surface area contributed by atoms with Gasteiger partial charge in [-0.15, -0.1) is 0 Å². The van der Waals surface area contributed by atoms with Gasteiger partial charge in [-0.3, -0.25) is 24.0 Å². The molecule has 0 saturated heterocycles. The molecule has 2 unspecified atom stereocenters. The van der Waals surface area contributed by atoms with Crippen molar-refractivity contribution in [2.45, 2.75) is 120 Å². The first-order valence-corrected chi connectivity index (χ1v) is 23.3. The quantitative estimate of drug-likeness (QED) is 0.0399. The number of aliphatic carboxylic acids is 2. The Hall–Kier alpha value is -6.10. The number of amides is 4. The van der Waals surface area contributed by atoms with Crippen LogP contribution in [0.25, 0.3) is 0 Å². The number of allylic oxidation sites excluding steroid dienone is 20. The van der Waals surface area contributed by atoms with E-state index in [1.54, 1.807) is 13.8 Å². The van der Waals surface area contributed by atoms with Crippen LogP contribution in [0, 0.1) is 10.8 Å². The van der Waals surface area contributed by atoms with Gasteiger partial charge in [0.15, 0.2) is 23.8 Å². The van der Waals surface area contributed by atoms with Crippen LogP contribution in [0.15, 0.2) is 130 Å². The Labute approximate surface area is 440 Å². The van der Waals surface area contributed by atoms with Crippen molar-refractivity contribution in [2.75, 3.05) is 26.2 Å². The number of rotatable bonds is 24. The Bertz CT molecular complexity index is 2180. The summed E-state index contributed by atoms with van der Waals surface area (Å²) < 4.78 is 10.9. The Balaban J connectivity index is 0.0000252. The Morgan fingerprint density at radius 2 is 0.944 bits per heavy atom. The minimum Gasteiger partial charge on any atom is -0.550 e. The van der Waals surface area contributed by atoms with Crippen molar-refractivity contribution in [3.05, 3.63) is 130 Å². The molecule has 71 heavy (non-hydrogen) atoms. The molecular formula is C54H71N4NaO12. The summed E-state index contributed by atoms with van der Waals surface area (Å²) in [6.07, 6.45) is 26.2. The summed E-state index contributed by atoms with van der Waals surface area (Å²) in [4.78, 5) is 96.2. The molecule has 4 amide bonds. The third-order valence-electron chi connectivity index (χ3n) is 11.3. The van der Waals surface area contributed by atoms with Crippen molar-refractivity contribution in [1.82, 2.24) is 21.3 Å². The number of esters is 2. The zero-order valence-electron chi connectivity index (χ0n) is 43.2. The SMILES string of the molecule is CC(C=CC=C(C)C=CC1=C(C)C(=O)C(OC(=O)CNC(=O)NCCCC(=O)[O-])CC1(C)C)=CC=CC=C(C)C=CC=C(C)C=CC1=C(C)C(=O)C(OC(=O)CNC(=O)NCCCC(=O)O)CC1(C)C.[Na+]. The molecule has 0 saturated carbocycles. The first-order valence-electron chi connectivity index (χ1n) is 23.3. The average molecular weight is 991 g/mol. The molecule has 0 aliphatic heterocycles. The summed E-state index contributed by atoms with van der Waals surface area (Å²) in [5, 5.41) is 28.8. The molecule has 0 fully saturated rings. The number of carbonyl (C=O) groups is 8. The Morgan fingerprint density at radius 3 is 1.31 bits per heavy atom. The van der Waals surface area contributed by atoms with Crippen molar-refractivity contribution in [3.8, 4) is 0 Å². The molecule has 0 spiro atoms. The molecule has 2 aliphatic rings. The summed E-state index contributed by atoms with van der Waals surface area (Å²) in [7, 11) is 0. The average Bonchev–Trinajstić information content (AvgIpc) is 3.27. The smallest absolute Gasteiger partial charge is 0.550 e. The summed E-state index contributed by atoms with van der Waals surface area (Å²) in [6.45, 7) is 18.6. The van der Waals surface area contributed by atoms with Crippen LogP contribution in [0.4, 0.5) is 9.59 Å². The molecule has 0 aromatic heterocycles. The van der Waals surface area contributed by atoms with Crippen LogP contribution < -0.4 is 55.9 Å². The van der Waals surface area contributed by atoms with Crippen molar-refractivity contribution < 1.29 is 87.6 Å². The molecular weight excluding hydrogens is 920 g/mol. The number of ether oxygens (including phenoxy) is 2.